The second-order valence-electron chi connectivity index (χ2n) is 4.34. The normalized spacial score (nSPS) is 24.8. The second-order valence-corrected chi connectivity index (χ2v) is 4.34. The van der Waals surface area contributed by atoms with Crippen LogP contribution in [0.1, 0.15) is 20.3 Å². The van der Waals surface area contributed by atoms with Crippen LogP contribution in [0.3, 0.4) is 0 Å². The van der Waals surface area contributed by atoms with Crippen LogP contribution in [-0.4, -0.2) is 43.0 Å². The Morgan fingerprint density at radius 1 is 1.44 bits per heavy atom. The van der Waals surface area contributed by atoms with Crippen LogP contribution in [0.2, 0.25) is 0 Å². The molecule has 1 fully saturated rings. The molecule has 1 aliphatic heterocycles. The number of nitrogens with zero attached hydrogens (tertiary/aromatic N) is 1. The van der Waals surface area contributed by atoms with Crippen LogP contribution >= 0.6 is 0 Å². The van der Waals surface area contributed by atoms with Crippen molar-refractivity contribution in [3.8, 4) is 0 Å². The van der Waals surface area contributed by atoms with Gasteiger partial charge in [0.05, 0.1) is 5.92 Å². The lowest BCUT2D eigenvalue weighted by molar-refractivity contribution is -0.135. The van der Waals surface area contributed by atoms with Gasteiger partial charge < -0.3 is 15.4 Å². The SMILES string of the molecule is CCCOCC(=O)N1C[C@@H](C)[C@H](C(N)=O)C1. The summed E-state index contributed by atoms with van der Waals surface area (Å²) in [6.45, 7) is 5.66. The summed E-state index contributed by atoms with van der Waals surface area (Å²) in [4.78, 5) is 24.4. The molecule has 5 heteroatoms. The number of primary amides is 1. The fourth-order valence-electron chi connectivity index (χ4n) is 1.94. The molecule has 1 saturated heterocycles. The maximum absolute atomic E-state index is 11.7. The Balaban J connectivity index is 2.39. The highest BCUT2D eigenvalue weighted by atomic mass is 16.5. The topological polar surface area (TPSA) is 72.6 Å². The zero-order valence-corrected chi connectivity index (χ0v) is 9.94. The molecule has 2 amide bonds. The average molecular weight is 228 g/mol. The predicted molar refractivity (Wildman–Crippen MR) is 59.5 cm³/mol. The molecule has 16 heavy (non-hydrogen) atoms. The molecule has 0 aromatic rings. The fourth-order valence-corrected chi connectivity index (χ4v) is 1.94. The van der Waals surface area contributed by atoms with Gasteiger partial charge in [-0.25, -0.2) is 0 Å². The summed E-state index contributed by atoms with van der Waals surface area (Å²) in [5.41, 5.74) is 5.26. The van der Waals surface area contributed by atoms with E-state index < -0.39 is 0 Å². The number of carbonyl (C=O) groups is 2. The highest BCUT2D eigenvalue weighted by Gasteiger charge is 2.35. The first-order valence-electron chi connectivity index (χ1n) is 5.71. The number of hydrogen-bond donors (Lipinski definition) is 1. The molecule has 2 N–H and O–H groups in total. The fraction of sp³-hybridized carbons (Fsp3) is 0.818. The summed E-state index contributed by atoms with van der Waals surface area (Å²) >= 11 is 0. The van der Waals surface area contributed by atoms with E-state index in [-0.39, 0.29) is 30.3 Å². The lowest BCUT2D eigenvalue weighted by Crippen LogP contribution is -2.34. The molecule has 1 rings (SSSR count). The highest BCUT2D eigenvalue weighted by molar-refractivity contribution is 5.81. The molecule has 0 aromatic carbocycles. The van der Waals surface area contributed by atoms with Crippen molar-refractivity contribution in [2.45, 2.75) is 20.3 Å². The monoisotopic (exact) mass is 228 g/mol. The van der Waals surface area contributed by atoms with Gasteiger partial charge in [-0.2, -0.15) is 0 Å². The Labute approximate surface area is 95.9 Å². The van der Waals surface area contributed by atoms with Gasteiger partial charge in [0.15, 0.2) is 0 Å². The van der Waals surface area contributed by atoms with Crippen molar-refractivity contribution in [3.05, 3.63) is 0 Å². The average Bonchev–Trinajstić information content (AvgIpc) is 2.60. The number of ether oxygens (including phenoxy) is 1. The highest BCUT2D eigenvalue weighted by Crippen LogP contribution is 2.22. The summed E-state index contributed by atoms with van der Waals surface area (Å²) in [7, 11) is 0. The van der Waals surface area contributed by atoms with E-state index in [0.717, 1.165) is 6.42 Å². The Bertz CT molecular complexity index is 268. The van der Waals surface area contributed by atoms with E-state index in [1.54, 1.807) is 4.90 Å². The van der Waals surface area contributed by atoms with Gasteiger partial charge in [-0.15, -0.1) is 0 Å². The largest absolute Gasteiger partial charge is 0.372 e. The number of nitrogens with two attached hydrogens (primary N) is 1. The second kappa shape index (κ2) is 5.84. The molecule has 1 heterocycles. The van der Waals surface area contributed by atoms with Crippen LogP contribution < -0.4 is 5.73 Å². The van der Waals surface area contributed by atoms with Gasteiger partial charge in [-0.05, 0) is 12.3 Å². The van der Waals surface area contributed by atoms with Crippen LogP contribution in [-0.2, 0) is 14.3 Å². The molecule has 92 valence electrons. The lowest BCUT2D eigenvalue weighted by Gasteiger charge is -2.15. The number of rotatable bonds is 5. The molecule has 2 atom stereocenters. The number of amides is 2. The van der Waals surface area contributed by atoms with Gasteiger partial charge in [0.2, 0.25) is 11.8 Å². The maximum atomic E-state index is 11.7. The Morgan fingerprint density at radius 3 is 2.62 bits per heavy atom. The van der Waals surface area contributed by atoms with E-state index in [2.05, 4.69) is 0 Å². The van der Waals surface area contributed by atoms with E-state index >= 15 is 0 Å². The van der Waals surface area contributed by atoms with Crippen LogP contribution in [0.5, 0.6) is 0 Å². The van der Waals surface area contributed by atoms with Gasteiger partial charge in [0.1, 0.15) is 6.61 Å². The van der Waals surface area contributed by atoms with E-state index in [9.17, 15) is 9.59 Å². The molecule has 0 unspecified atom stereocenters. The molecule has 0 bridgehead atoms. The molecule has 0 aromatic heterocycles. The molecular formula is C11H20N2O3. The minimum absolute atomic E-state index is 0.0518. The molecule has 5 nitrogen and oxygen atoms in total. The van der Waals surface area contributed by atoms with E-state index in [1.165, 1.54) is 0 Å². The van der Waals surface area contributed by atoms with Crippen molar-refractivity contribution in [1.29, 1.82) is 0 Å². The number of hydrogen-bond acceptors (Lipinski definition) is 3. The van der Waals surface area contributed by atoms with Gasteiger partial charge in [-0.1, -0.05) is 13.8 Å². The summed E-state index contributed by atoms with van der Waals surface area (Å²) in [5, 5.41) is 0. The lowest BCUT2D eigenvalue weighted by atomic mass is 9.98. The van der Waals surface area contributed by atoms with E-state index in [4.69, 9.17) is 10.5 Å². The third-order valence-corrected chi connectivity index (χ3v) is 2.90. The maximum Gasteiger partial charge on any atom is 0.248 e. The van der Waals surface area contributed by atoms with Crippen molar-refractivity contribution in [1.82, 2.24) is 4.90 Å². The third kappa shape index (κ3) is 3.20. The molecular weight excluding hydrogens is 208 g/mol. The zero-order chi connectivity index (χ0) is 12.1. The standard InChI is InChI=1S/C11H20N2O3/c1-3-4-16-7-10(14)13-5-8(2)9(6-13)11(12)15/h8-9H,3-7H2,1-2H3,(H2,12,15)/t8-,9-/m1/s1. The van der Waals surface area contributed by atoms with Gasteiger partial charge >= 0.3 is 0 Å². The summed E-state index contributed by atoms with van der Waals surface area (Å²) in [6, 6.07) is 0. The Hall–Kier alpha value is -1.10. The minimum Gasteiger partial charge on any atom is -0.372 e. The quantitative estimate of drug-likeness (QED) is 0.673. The van der Waals surface area contributed by atoms with Crippen molar-refractivity contribution >= 4 is 11.8 Å². The molecule has 0 aliphatic carbocycles. The molecule has 0 saturated carbocycles. The van der Waals surface area contributed by atoms with Crippen LogP contribution in [0.15, 0.2) is 0 Å². The molecule has 0 spiro atoms. The minimum atomic E-state index is -0.322. The van der Waals surface area contributed by atoms with Crippen molar-refractivity contribution < 1.29 is 14.3 Å². The predicted octanol–water partition coefficient (Wildman–Crippen LogP) is -0.00720. The number of likely N-dealkylation sites (tertiary alicyclic amines) is 1. The Kier molecular flexibility index (Phi) is 4.73. The summed E-state index contributed by atoms with van der Waals surface area (Å²) in [6.07, 6.45) is 0.896. The zero-order valence-electron chi connectivity index (χ0n) is 9.94. The van der Waals surface area contributed by atoms with Gasteiger partial charge in [-0.3, -0.25) is 9.59 Å². The van der Waals surface area contributed by atoms with Crippen LogP contribution in [0.25, 0.3) is 0 Å². The summed E-state index contributed by atoms with van der Waals surface area (Å²) < 4.78 is 5.18. The first-order chi connectivity index (χ1) is 7.56. The first kappa shape index (κ1) is 13.0. The van der Waals surface area contributed by atoms with Crippen molar-refractivity contribution in [3.63, 3.8) is 0 Å². The summed E-state index contributed by atoms with van der Waals surface area (Å²) in [5.74, 6) is -0.441. The van der Waals surface area contributed by atoms with Crippen LogP contribution in [0.4, 0.5) is 0 Å². The smallest absolute Gasteiger partial charge is 0.248 e. The van der Waals surface area contributed by atoms with Crippen molar-refractivity contribution in [2.75, 3.05) is 26.3 Å². The Morgan fingerprint density at radius 2 is 2.12 bits per heavy atom. The van der Waals surface area contributed by atoms with Crippen LogP contribution in [0, 0.1) is 11.8 Å². The van der Waals surface area contributed by atoms with E-state index in [0.29, 0.717) is 19.7 Å². The van der Waals surface area contributed by atoms with Gasteiger partial charge in [0, 0.05) is 19.7 Å². The number of carbonyl (C=O) groups excluding carboxylic acids is 2. The molecule has 0 radical (unpaired) electrons. The first-order valence-corrected chi connectivity index (χ1v) is 5.71. The van der Waals surface area contributed by atoms with Gasteiger partial charge in [0.25, 0.3) is 0 Å². The van der Waals surface area contributed by atoms with E-state index in [1.807, 2.05) is 13.8 Å². The third-order valence-electron chi connectivity index (χ3n) is 2.90. The molecule has 1 aliphatic rings. The van der Waals surface area contributed by atoms with Crippen molar-refractivity contribution in [2.24, 2.45) is 17.6 Å².